The maximum absolute atomic E-state index is 10.2. The van der Waals surface area contributed by atoms with Crippen LogP contribution in [0.2, 0.25) is 5.02 Å². The van der Waals surface area contributed by atoms with Gasteiger partial charge in [-0.2, -0.15) is 5.10 Å². The molecule has 2 aromatic rings. The van der Waals surface area contributed by atoms with E-state index >= 15 is 0 Å². The molecular weight excluding hydrogens is 324 g/mol. The molecule has 0 spiro atoms. The van der Waals surface area contributed by atoms with Gasteiger partial charge in [0.25, 0.3) is 0 Å². The number of nitrogens with zero attached hydrogens (tertiary/aromatic N) is 2. The van der Waals surface area contributed by atoms with E-state index in [2.05, 4.69) is 13.8 Å². The van der Waals surface area contributed by atoms with Gasteiger partial charge in [-0.1, -0.05) is 37.6 Å². The standard InChI is InChI=1S/C19H19ClN2O2/c1-11(2)19-22-16(14-9-12(20)7-8-18(14)24-19)10-15(21-22)13-5-3-4-6-17(13)23/h3-9,11,16,19,23H,10H2,1-2H3. The lowest BCUT2D eigenvalue weighted by Crippen LogP contribution is -2.43. The average molecular weight is 343 g/mol. The normalized spacial score (nSPS) is 22.0. The molecule has 5 heteroatoms. The third kappa shape index (κ3) is 2.42. The number of phenolic OH excluding ortho intramolecular Hbond substituents is 1. The smallest absolute Gasteiger partial charge is 0.190 e. The number of aromatic hydroxyl groups is 1. The fourth-order valence-electron chi connectivity index (χ4n) is 3.41. The Morgan fingerprint density at radius 2 is 2.04 bits per heavy atom. The maximum Gasteiger partial charge on any atom is 0.190 e. The Bertz CT molecular complexity index is 819. The summed E-state index contributed by atoms with van der Waals surface area (Å²) in [5, 5.41) is 17.7. The zero-order valence-corrected chi connectivity index (χ0v) is 14.4. The van der Waals surface area contributed by atoms with Crippen molar-refractivity contribution in [2.24, 2.45) is 11.0 Å². The van der Waals surface area contributed by atoms with Crippen molar-refractivity contribution in [3.8, 4) is 11.5 Å². The Morgan fingerprint density at radius 3 is 2.79 bits per heavy atom. The molecule has 0 radical (unpaired) electrons. The van der Waals surface area contributed by atoms with Crippen LogP contribution in [0.4, 0.5) is 0 Å². The summed E-state index contributed by atoms with van der Waals surface area (Å²) in [5.74, 6) is 1.40. The van der Waals surface area contributed by atoms with Gasteiger partial charge >= 0.3 is 0 Å². The number of hydrazone groups is 1. The van der Waals surface area contributed by atoms with Crippen molar-refractivity contribution >= 4 is 17.3 Å². The molecule has 2 atom stereocenters. The van der Waals surface area contributed by atoms with Crippen molar-refractivity contribution in [2.45, 2.75) is 32.5 Å². The topological polar surface area (TPSA) is 45.1 Å². The van der Waals surface area contributed by atoms with Crippen LogP contribution < -0.4 is 4.74 Å². The highest BCUT2D eigenvalue weighted by Gasteiger charge is 2.41. The first-order valence-corrected chi connectivity index (χ1v) is 8.52. The van der Waals surface area contributed by atoms with E-state index in [4.69, 9.17) is 21.4 Å². The van der Waals surface area contributed by atoms with Crippen molar-refractivity contribution in [1.29, 1.82) is 0 Å². The molecule has 2 aliphatic rings. The Labute approximate surface area is 146 Å². The van der Waals surface area contributed by atoms with Crippen LogP contribution in [0.5, 0.6) is 11.5 Å². The molecule has 0 fully saturated rings. The number of halogens is 1. The Hall–Kier alpha value is -2.20. The lowest BCUT2D eigenvalue weighted by Gasteiger charge is -2.40. The van der Waals surface area contributed by atoms with Gasteiger partial charge in [-0.25, -0.2) is 5.01 Å². The summed E-state index contributed by atoms with van der Waals surface area (Å²) < 4.78 is 6.17. The van der Waals surface area contributed by atoms with Crippen LogP contribution in [0.15, 0.2) is 47.6 Å². The summed E-state index contributed by atoms with van der Waals surface area (Å²) in [7, 11) is 0. The second kappa shape index (κ2) is 5.71. The molecule has 0 bridgehead atoms. The monoisotopic (exact) mass is 342 g/mol. The second-order valence-electron chi connectivity index (χ2n) is 6.60. The molecule has 2 heterocycles. The van der Waals surface area contributed by atoms with Crippen molar-refractivity contribution in [3.63, 3.8) is 0 Å². The van der Waals surface area contributed by atoms with E-state index in [1.807, 2.05) is 41.4 Å². The molecule has 0 amide bonds. The first-order chi connectivity index (χ1) is 11.5. The zero-order valence-electron chi connectivity index (χ0n) is 13.6. The quantitative estimate of drug-likeness (QED) is 0.869. The third-order valence-corrected chi connectivity index (χ3v) is 4.80. The van der Waals surface area contributed by atoms with Gasteiger partial charge in [0.2, 0.25) is 0 Å². The zero-order chi connectivity index (χ0) is 16.8. The molecule has 0 aliphatic carbocycles. The van der Waals surface area contributed by atoms with E-state index in [1.165, 1.54) is 0 Å². The van der Waals surface area contributed by atoms with Crippen molar-refractivity contribution in [3.05, 3.63) is 58.6 Å². The second-order valence-corrected chi connectivity index (χ2v) is 7.03. The first-order valence-electron chi connectivity index (χ1n) is 8.15. The lowest BCUT2D eigenvalue weighted by atomic mass is 9.95. The van der Waals surface area contributed by atoms with Crippen LogP contribution in [0.3, 0.4) is 0 Å². The van der Waals surface area contributed by atoms with Crippen molar-refractivity contribution in [1.82, 2.24) is 5.01 Å². The average Bonchev–Trinajstić information content (AvgIpc) is 2.99. The number of phenols is 1. The number of ether oxygens (including phenoxy) is 1. The summed E-state index contributed by atoms with van der Waals surface area (Å²) in [6.45, 7) is 4.24. The van der Waals surface area contributed by atoms with Crippen LogP contribution in [-0.4, -0.2) is 22.1 Å². The molecule has 2 aliphatic heterocycles. The highest BCUT2D eigenvalue weighted by Crippen LogP contribution is 2.45. The van der Waals surface area contributed by atoms with E-state index in [9.17, 15) is 5.11 Å². The summed E-state index contributed by atoms with van der Waals surface area (Å²) in [6, 6.07) is 13.1. The molecule has 124 valence electrons. The van der Waals surface area contributed by atoms with Gasteiger partial charge < -0.3 is 9.84 Å². The molecule has 0 saturated carbocycles. The fraction of sp³-hybridized carbons (Fsp3) is 0.316. The van der Waals surface area contributed by atoms with E-state index in [1.54, 1.807) is 6.07 Å². The van der Waals surface area contributed by atoms with Crippen LogP contribution in [0, 0.1) is 5.92 Å². The predicted molar refractivity (Wildman–Crippen MR) is 94.5 cm³/mol. The summed E-state index contributed by atoms with van der Waals surface area (Å²) in [5.41, 5.74) is 2.70. The largest absolute Gasteiger partial charge is 0.507 e. The van der Waals surface area contributed by atoms with Gasteiger partial charge in [-0.15, -0.1) is 0 Å². The van der Waals surface area contributed by atoms with Gasteiger partial charge in [0.05, 0.1) is 11.8 Å². The molecule has 24 heavy (non-hydrogen) atoms. The summed E-state index contributed by atoms with van der Waals surface area (Å²) in [4.78, 5) is 0. The Morgan fingerprint density at radius 1 is 1.25 bits per heavy atom. The number of hydrogen-bond donors (Lipinski definition) is 1. The van der Waals surface area contributed by atoms with Crippen molar-refractivity contribution in [2.75, 3.05) is 0 Å². The summed E-state index contributed by atoms with van der Waals surface area (Å²) >= 11 is 6.19. The minimum absolute atomic E-state index is 0.0782. The molecule has 0 saturated heterocycles. The molecule has 1 N–H and O–H groups in total. The maximum atomic E-state index is 10.2. The van der Waals surface area contributed by atoms with Gasteiger partial charge in [-0.3, -0.25) is 0 Å². The highest BCUT2D eigenvalue weighted by molar-refractivity contribution is 6.30. The predicted octanol–water partition coefficient (Wildman–Crippen LogP) is 4.57. The minimum atomic E-state index is -0.132. The van der Waals surface area contributed by atoms with Gasteiger partial charge in [0.1, 0.15) is 11.5 Å². The molecule has 0 aromatic heterocycles. The fourth-order valence-corrected chi connectivity index (χ4v) is 3.59. The summed E-state index contributed by atoms with van der Waals surface area (Å²) in [6.07, 6.45) is 0.587. The molecule has 4 rings (SSSR count). The number of benzene rings is 2. The van der Waals surface area contributed by atoms with Crippen LogP contribution >= 0.6 is 11.6 Å². The SMILES string of the molecule is CC(C)C1Oc2ccc(Cl)cc2C2CC(c3ccccc3O)=NN21. The Kier molecular flexibility index (Phi) is 3.65. The van der Waals surface area contributed by atoms with Crippen molar-refractivity contribution < 1.29 is 9.84 Å². The third-order valence-electron chi connectivity index (χ3n) is 4.57. The van der Waals surface area contributed by atoms with E-state index in [-0.39, 0.29) is 23.9 Å². The minimum Gasteiger partial charge on any atom is -0.507 e. The highest BCUT2D eigenvalue weighted by atomic mass is 35.5. The number of fused-ring (bicyclic) bond motifs is 3. The Balaban J connectivity index is 1.79. The number of rotatable bonds is 2. The van der Waals surface area contributed by atoms with Gasteiger partial charge in [-0.05, 0) is 30.3 Å². The van der Waals surface area contributed by atoms with Crippen LogP contribution in [-0.2, 0) is 0 Å². The van der Waals surface area contributed by atoms with Gasteiger partial charge in [0.15, 0.2) is 6.23 Å². The van der Waals surface area contributed by atoms with E-state index < -0.39 is 0 Å². The van der Waals surface area contributed by atoms with Crippen LogP contribution in [0.25, 0.3) is 0 Å². The van der Waals surface area contributed by atoms with E-state index in [0.29, 0.717) is 5.02 Å². The number of hydrogen-bond acceptors (Lipinski definition) is 4. The molecule has 2 unspecified atom stereocenters. The molecular formula is C19H19ClN2O2. The molecule has 2 aromatic carbocycles. The van der Waals surface area contributed by atoms with Gasteiger partial charge in [0, 0.05) is 28.5 Å². The number of para-hydroxylation sites is 1. The molecule has 4 nitrogen and oxygen atoms in total. The van der Waals surface area contributed by atoms with Crippen LogP contribution in [0.1, 0.15) is 37.4 Å². The first kappa shape index (κ1) is 15.3. The lowest BCUT2D eigenvalue weighted by molar-refractivity contribution is -0.0461. The van der Waals surface area contributed by atoms with E-state index in [0.717, 1.165) is 29.0 Å².